The number of rotatable bonds is 6. The molecular formula is C23H28O5. The SMILES string of the molecule is COc1c(C2CC2)oc2c(CC=C(C)C)c(O)c(CC=C(C)C)c(O)c2c1=O. The zero-order valence-electron chi connectivity index (χ0n) is 17.2. The summed E-state index contributed by atoms with van der Waals surface area (Å²) >= 11 is 0. The lowest BCUT2D eigenvalue weighted by atomic mass is 9.96. The van der Waals surface area contributed by atoms with Gasteiger partial charge in [-0.25, -0.2) is 0 Å². The molecule has 0 atom stereocenters. The van der Waals surface area contributed by atoms with Crippen LogP contribution in [0.1, 0.15) is 63.3 Å². The van der Waals surface area contributed by atoms with E-state index >= 15 is 0 Å². The molecule has 1 fully saturated rings. The maximum absolute atomic E-state index is 13.2. The Hall–Kier alpha value is -2.69. The molecule has 2 N–H and O–H groups in total. The van der Waals surface area contributed by atoms with Crippen molar-refractivity contribution in [2.75, 3.05) is 7.11 Å². The van der Waals surface area contributed by atoms with E-state index in [1.807, 2.05) is 39.8 Å². The van der Waals surface area contributed by atoms with Crippen LogP contribution >= 0.6 is 0 Å². The van der Waals surface area contributed by atoms with Crippen molar-refractivity contribution >= 4 is 11.0 Å². The molecule has 1 aliphatic carbocycles. The number of fused-ring (bicyclic) bond motifs is 1. The van der Waals surface area contributed by atoms with Gasteiger partial charge in [0.1, 0.15) is 22.5 Å². The molecule has 1 heterocycles. The van der Waals surface area contributed by atoms with Crippen molar-refractivity contribution in [1.82, 2.24) is 0 Å². The largest absolute Gasteiger partial charge is 0.507 e. The number of aromatic hydroxyl groups is 2. The quantitative estimate of drug-likeness (QED) is 0.677. The Labute approximate surface area is 165 Å². The molecule has 0 bridgehead atoms. The minimum absolute atomic E-state index is 0.0185. The normalized spacial score (nSPS) is 13.5. The van der Waals surface area contributed by atoms with E-state index in [4.69, 9.17) is 9.15 Å². The molecular weight excluding hydrogens is 356 g/mol. The Kier molecular flexibility index (Phi) is 5.54. The number of hydrogen-bond acceptors (Lipinski definition) is 5. The average molecular weight is 384 g/mol. The van der Waals surface area contributed by atoms with Gasteiger partial charge in [0.2, 0.25) is 11.2 Å². The molecule has 0 saturated heterocycles. The summed E-state index contributed by atoms with van der Waals surface area (Å²) in [5, 5.41) is 21.9. The fraction of sp³-hybridized carbons (Fsp3) is 0.435. The third-order valence-electron chi connectivity index (χ3n) is 5.05. The Morgan fingerprint density at radius 3 is 2.11 bits per heavy atom. The van der Waals surface area contributed by atoms with Gasteiger partial charge in [-0.15, -0.1) is 0 Å². The Balaban J connectivity index is 2.39. The Morgan fingerprint density at radius 1 is 1.04 bits per heavy atom. The minimum atomic E-state index is -0.389. The smallest absolute Gasteiger partial charge is 0.238 e. The van der Waals surface area contributed by atoms with E-state index in [2.05, 4.69) is 0 Å². The highest BCUT2D eigenvalue weighted by atomic mass is 16.5. The first-order valence-corrected chi connectivity index (χ1v) is 9.63. The van der Waals surface area contributed by atoms with Gasteiger partial charge in [0.05, 0.1) is 7.11 Å². The van der Waals surface area contributed by atoms with Gasteiger partial charge in [-0.2, -0.15) is 0 Å². The highest BCUT2D eigenvalue weighted by Gasteiger charge is 2.34. The van der Waals surface area contributed by atoms with E-state index in [1.54, 1.807) is 0 Å². The van der Waals surface area contributed by atoms with Gasteiger partial charge >= 0.3 is 0 Å². The number of allylic oxidation sites excluding steroid dienone is 4. The summed E-state index contributed by atoms with van der Waals surface area (Å²) in [4.78, 5) is 13.2. The molecule has 5 nitrogen and oxygen atoms in total. The molecule has 0 spiro atoms. The zero-order valence-corrected chi connectivity index (χ0v) is 17.2. The number of phenolic OH excluding ortho intramolecular Hbond substituents is 2. The van der Waals surface area contributed by atoms with Gasteiger partial charge in [-0.05, 0) is 53.4 Å². The van der Waals surface area contributed by atoms with Gasteiger partial charge in [-0.3, -0.25) is 4.79 Å². The van der Waals surface area contributed by atoms with Crippen LogP contribution in [-0.4, -0.2) is 17.3 Å². The highest BCUT2D eigenvalue weighted by Crippen LogP contribution is 2.47. The van der Waals surface area contributed by atoms with E-state index in [0.29, 0.717) is 29.7 Å². The molecule has 0 amide bonds. The first kappa shape index (κ1) is 20.1. The van der Waals surface area contributed by atoms with E-state index in [0.717, 1.165) is 24.0 Å². The molecule has 2 aromatic rings. The summed E-state index contributed by atoms with van der Waals surface area (Å²) in [6, 6.07) is 0. The highest BCUT2D eigenvalue weighted by molar-refractivity contribution is 5.91. The predicted molar refractivity (Wildman–Crippen MR) is 111 cm³/mol. The summed E-state index contributed by atoms with van der Waals surface area (Å²) in [7, 11) is 1.44. The van der Waals surface area contributed by atoms with Gasteiger partial charge in [0.25, 0.3) is 0 Å². The third-order valence-corrected chi connectivity index (χ3v) is 5.05. The van der Waals surface area contributed by atoms with Crippen LogP contribution in [0.15, 0.2) is 32.5 Å². The topological polar surface area (TPSA) is 79.9 Å². The molecule has 0 unspecified atom stereocenters. The number of hydrogen-bond donors (Lipinski definition) is 2. The molecule has 0 aliphatic heterocycles. The second-order valence-corrected chi connectivity index (χ2v) is 7.93. The zero-order chi connectivity index (χ0) is 20.6. The van der Waals surface area contributed by atoms with Gasteiger partial charge < -0.3 is 19.4 Å². The monoisotopic (exact) mass is 384 g/mol. The summed E-state index contributed by atoms with van der Waals surface area (Å²) in [6.45, 7) is 7.83. The lowest BCUT2D eigenvalue weighted by Gasteiger charge is -2.16. The van der Waals surface area contributed by atoms with Crippen molar-refractivity contribution in [3.8, 4) is 17.2 Å². The van der Waals surface area contributed by atoms with Crippen LogP contribution in [0, 0.1) is 0 Å². The molecule has 1 saturated carbocycles. The second kappa shape index (κ2) is 7.74. The van der Waals surface area contributed by atoms with Crippen LogP contribution < -0.4 is 10.2 Å². The Morgan fingerprint density at radius 2 is 1.61 bits per heavy atom. The van der Waals surface area contributed by atoms with Gasteiger partial charge in [0.15, 0.2) is 5.76 Å². The Bertz CT molecular complexity index is 1030. The van der Waals surface area contributed by atoms with Crippen molar-refractivity contribution in [2.45, 2.75) is 59.3 Å². The van der Waals surface area contributed by atoms with Crippen molar-refractivity contribution in [3.05, 3.63) is 50.4 Å². The van der Waals surface area contributed by atoms with E-state index < -0.39 is 0 Å². The van der Waals surface area contributed by atoms with Crippen LogP contribution in [0.5, 0.6) is 17.2 Å². The molecule has 1 aromatic carbocycles. The fourth-order valence-corrected chi connectivity index (χ4v) is 3.32. The lowest BCUT2D eigenvalue weighted by molar-refractivity contribution is 0.375. The third kappa shape index (κ3) is 3.66. The summed E-state index contributed by atoms with van der Waals surface area (Å²) < 4.78 is 11.4. The van der Waals surface area contributed by atoms with Crippen LogP contribution in [0.25, 0.3) is 11.0 Å². The number of methoxy groups -OCH3 is 1. The number of benzene rings is 1. The molecule has 3 rings (SSSR count). The maximum Gasteiger partial charge on any atom is 0.238 e. The summed E-state index contributed by atoms with van der Waals surface area (Å²) in [5.41, 5.74) is 2.86. The van der Waals surface area contributed by atoms with Crippen molar-refractivity contribution in [2.24, 2.45) is 0 Å². The van der Waals surface area contributed by atoms with E-state index in [1.165, 1.54) is 7.11 Å². The van der Waals surface area contributed by atoms with Crippen LogP contribution in [0.3, 0.4) is 0 Å². The predicted octanol–water partition coefficient (Wildman–Crippen LogP) is 5.11. The minimum Gasteiger partial charge on any atom is -0.507 e. The number of phenols is 2. The fourth-order valence-electron chi connectivity index (χ4n) is 3.32. The molecule has 28 heavy (non-hydrogen) atoms. The first-order valence-electron chi connectivity index (χ1n) is 9.63. The van der Waals surface area contributed by atoms with Crippen LogP contribution in [0.4, 0.5) is 0 Å². The molecule has 1 aliphatic rings. The lowest BCUT2D eigenvalue weighted by Crippen LogP contribution is -2.11. The first-order chi connectivity index (χ1) is 13.3. The summed E-state index contributed by atoms with van der Waals surface area (Å²) in [5.74, 6) is 0.556. The van der Waals surface area contributed by atoms with Crippen molar-refractivity contribution < 1.29 is 19.4 Å². The maximum atomic E-state index is 13.2. The molecule has 1 aromatic heterocycles. The van der Waals surface area contributed by atoms with Crippen molar-refractivity contribution in [1.29, 1.82) is 0 Å². The molecule has 5 heteroatoms. The average Bonchev–Trinajstić information content (AvgIpc) is 3.45. The second-order valence-electron chi connectivity index (χ2n) is 7.93. The van der Waals surface area contributed by atoms with Crippen molar-refractivity contribution in [3.63, 3.8) is 0 Å². The van der Waals surface area contributed by atoms with Crippen LogP contribution in [-0.2, 0) is 12.8 Å². The molecule has 150 valence electrons. The molecule has 0 radical (unpaired) electrons. The summed E-state index contributed by atoms with van der Waals surface area (Å²) in [6.07, 6.45) is 6.48. The van der Waals surface area contributed by atoms with Gasteiger partial charge in [0, 0.05) is 17.0 Å². The van der Waals surface area contributed by atoms with Gasteiger partial charge in [-0.1, -0.05) is 23.3 Å². The van der Waals surface area contributed by atoms with Crippen LogP contribution in [0.2, 0.25) is 0 Å². The van der Waals surface area contributed by atoms with E-state index in [-0.39, 0.29) is 39.6 Å². The van der Waals surface area contributed by atoms with E-state index in [9.17, 15) is 15.0 Å². The standard InChI is InChI=1S/C23H28O5/c1-12(2)6-10-15-18(24)16(11-7-13(3)4)22-17(19(15)25)20(26)23(27-5)21(28-22)14-8-9-14/h6-7,14,24-25H,8-11H2,1-5H3. The number of ether oxygens (including phenoxy) is 1.